The first kappa shape index (κ1) is 14.5. The molecule has 0 heterocycles. The summed E-state index contributed by atoms with van der Waals surface area (Å²) in [7, 11) is 0. The molecule has 100 valence electrons. The van der Waals surface area contributed by atoms with Crippen molar-refractivity contribution in [2.75, 3.05) is 0 Å². The van der Waals surface area contributed by atoms with Crippen molar-refractivity contribution in [2.24, 2.45) is 11.7 Å². The maximum atomic E-state index is 11.8. The minimum Gasteiger partial charge on any atom is -0.353 e. The molecule has 0 aromatic rings. The third kappa shape index (κ3) is 6.06. The fourth-order valence-corrected chi connectivity index (χ4v) is 2.51. The Kier molecular flexibility index (Phi) is 5.44. The van der Waals surface area contributed by atoms with Crippen molar-refractivity contribution in [2.45, 2.75) is 77.3 Å². The minimum absolute atomic E-state index is 0.154. The Morgan fingerprint density at radius 1 is 1.35 bits per heavy atom. The number of nitrogens with two attached hydrogens (primary N) is 1. The van der Waals surface area contributed by atoms with Crippen LogP contribution in [0.25, 0.3) is 0 Å². The highest BCUT2D eigenvalue weighted by atomic mass is 16.1. The number of amides is 1. The quantitative estimate of drug-likeness (QED) is 0.776. The second-order valence-electron chi connectivity index (χ2n) is 6.24. The third-order valence-electron chi connectivity index (χ3n) is 3.74. The van der Waals surface area contributed by atoms with Crippen LogP contribution in [0.3, 0.4) is 0 Å². The summed E-state index contributed by atoms with van der Waals surface area (Å²) in [6.07, 6.45) is 7.82. The molecule has 0 unspecified atom stereocenters. The summed E-state index contributed by atoms with van der Waals surface area (Å²) in [4.78, 5) is 11.8. The van der Waals surface area contributed by atoms with Crippen LogP contribution in [0.15, 0.2) is 0 Å². The second kappa shape index (κ2) is 6.39. The van der Waals surface area contributed by atoms with Gasteiger partial charge in [0.1, 0.15) is 0 Å². The predicted octanol–water partition coefficient (Wildman–Crippen LogP) is 2.59. The van der Waals surface area contributed by atoms with E-state index in [9.17, 15) is 4.79 Å². The lowest BCUT2D eigenvalue weighted by atomic mass is 9.84. The van der Waals surface area contributed by atoms with Gasteiger partial charge in [0, 0.05) is 18.0 Å². The summed E-state index contributed by atoms with van der Waals surface area (Å²) in [5, 5.41) is 3.13. The molecule has 0 bridgehead atoms. The molecule has 0 saturated heterocycles. The summed E-state index contributed by atoms with van der Waals surface area (Å²) in [6, 6.07) is 0.323. The van der Waals surface area contributed by atoms with Crippen LogP contribution >= 0.6 is 0 Å². The zero-order chi connectivity index (χ0) is 12.9. The van der Waals surface area contributed by atoms with Gasteiger partial charge in [0.05, 0.1) is 0 Å². The van der Waals surface area contributed by atoms with E-state index in [4.69, 9.17) is 5.73 Å². The van der Waals surface area contributed by atoms with E-state index in [1.807, 2.05) is 13.8 Å². The molecule has 1 aliphatic rings. The molecule has 1 amide bonds. The van der Waals surface area contributed by atoms with Gasteiger partial charge in [-0.25, -0.2) is 0 Å². The average molecular weight is 240 g/mol. The van der Waals surface area contributed by atoms with E-state index in [0.29, 0.717) is 18.4 Å². The lowest BCUT2D eigenvalue weighted by Gasteiger charge is -2.28. The lowest BCUT2D eigenvalue weighted by Crippen LogP contribution is -2.40. The topological polar surface area (TPSA) is 55.1 Å². The van der Waals surface area contributed by atoms with Crippen LogP contribution in [-0.4, -0.2) is 17.5 Å². The summed E-state index contributed by atoms with van der Waals surface area (Å²) in [5.41, 5.74) is 5.63. The SMILES string of the molecule is C[C@H](NC(=O)CCC(C)(C)N)C1CCCCC1. The Balaban J connectivity index is 2.25. The third-order valence-corrected chi connectivity index (χ3v) is 3.74. The molecule has 1 atom stereocenters. The number of carbonyl (C=O) groups excluding carboxylic acids is 1. The maximum Gasteiger partial charge on any atom is 0.220 e. The van der Waals surface area contributed by atoms with Gasteiger partial charge in [-0.05, 0) is 46.0 Å². The average Bonchev–Trinajstić information content (AvgIpc) is 2.27. The van der Waals surface area contributed by atoms with Crippen LogP contribution in [0.1, 0.15) is 65.7 Å². The normalized spacial score (nSPS) is 20.0. The first-order valence-electron chi connectivity index (χ1n) is 6.97. The monoisotopic (exact) mass is 240 g/mol. The molecule has 0 spiro atoms. The van der Waals surface area contributed by atoms with E-state index in [1.165, 1.54) is 32.1 Å². The molecule has 1 saturated carbocycles. The molecular formula is C14H28N2O. The Morgan fingerprint density at radius 3 is 2.47 bits per heavy atom. The van der Waals surface area contributed by atoms with Gasteiger partial charge in [-0.15, -0.1) is 0 Å². The smallest absolute Gasteiger partial charge is 0.220 e. The molecule has 3 heteroatoms. The van der Waals surface area contributed by atoms with Crippen molar-refractivity contribution in [3.05, 3.63) is 0 Å². The summed E-state index contributed by atoms with van der Waals surface area (Å²) >= 11 is 0. The van der Waals surface area contributed by atoms with E-state index in [2.05, 4.69) is 12.2 Å². The number of carbonyl (C=O) groups is 1. The van der Waals surface area contributed by atoms with E-state index < -0.39 is 0 Å². The highest BCUT2D eigenvalue weighted by Crippen LogP contribution is 2.26. The predicted molar refractivity (Wildman–Crippen MR) is 71.7 cm³/mol. The van der Waals surface area contributed by atoms with E-state index >= 15 is 0 Å². The molecule has 17 heavy (non-hydrogen) atoms. The Morgan fingerprint density at radius 2 is 1.94 bits per heavy atom. The van der Waals surface area contributed by atoms with Gasteiger partial charge >= 0.3 is 0 Å². The number of hydrogen-bond acceptors (Lipinski definition) is 2. The summed E-state index contributed by atoms with van der Waals surface area (Å²) in [5.74, 6) is 0.834. The number of rotatable bonds is 5. The molecule has 1 aliphatic carbocycles. The van der Waals surface area contributed by atoms with Crippen LogP contribution in [0, 0.1) is 5.92 Å². The van der Waals surface area contributed by atoms with Gasteiger partial charge < -0.3 is 11.1 Å². The van der Waals surface area contributed by atoms with Gasteiger partial charge in [0.2, 0.25) is 5.91 Å². The van der Waals surface area contributed by atoms with Gasteiger partial charge in [-0.2, -0.15) is 0 Å². The first-order chi connectivity index (χ1) is 7.88. The van der Waals surface area contributed by atoms with Crippen molar-refractivity contribution in [3.63, 3.8) is 0 Å². The molecule has 0 aliphatic heterocycles. The van der Waals surface area contributed by atoms with Crippen LogP contribution < -0.4 is 11.1 Å². The summed E-state index contributed by atoms with van der Waals surface area (Å²) in [6.45, 7) is 6.07. The molecule has 1 rings (SSSR count). The Hall–Kier alpha value is -0.570. The molecule has 0 radical (unpaired) electrons. The fraction of sp³-hybridized carbons (Fsp3) is 0.929. The molecule has 0 aromatic carbocycles. The van der Waals surface area contributed by atoms with Crippen LogP contribution in [-0.2, 0) is 4.79 Å². The highest BCUT2D eigenvalue weighted by molar-refractivity contribution is 5.76. The van der Waals surface area contributed by atoms with Gasteiger partial charge in [-0.3, -0.25) is 4.79 Å². The Bertz CT molecular complexity index is 239. The van der Waals surface area contributed by atoms with E-state index in [0.717, 1.165) is 6.42 Å². The van der Waals surface area contributed by atoms with Gasteiger partial charge in [-0.1, -0.05) is 19.3 Å². The standard InChI is InChI=1S/C14H28N2O/c1-11(12-7-5-4-6-8-12)16-13(17)9-10-14(2,3)15/h11-12H,4-10,15H2,1-3H3,(H,16,17)/t11-/m0/s1. The largest absolute Gasteiger partial charge is 0.353 e. The van der Waals surface area contributed by atoms with Crippen LogP contribution in [0.5, 0.6) is 0 Å². The van der Waals surface area contributed by atoms with Gasteiger partial charge in [0.25, 0.3) is 0 Å². The van der Waals surface area contributed by atoms with Crippen molar-refractivity contribution >= 4 is 5.91 Å². The minimum atomic E-state index is -0.245. The van der Waals surface area contributed by atoms with Crippen LogP contribution in [0.4, 0.5) is 0 Å². The zero-order valence-corrected chi connectivity index (χ0v) is 11.6. The lowest BCUT2D eigenvalue weighted by molar-refractivity contribution is -0.122. The zero-order valence-electron chi connectivity index (χ0n) is 11.6. The summed E-state index contributed by atoms with van der Waals surface area (Å²) < 4.78 is 0. The number of nitrogens with one attached hydrogen (secondary N) is 1. The second-order valence-corrected chi connectivity index (χ2v) is 6.24. The molecule has 3 N–H and O–H groups in total. The molecule has 0 aromatic heterocycles. The van der Waals surface area contributed by atoms with Crippen molar-refractivity contribution in [3.8, 4) is 0 Å². The van der Waals surface area contributed by atoms with Crippen molar-refractivity contribution in [1.29, 1.82) is 0 Å². The van der Waals surface area contributed by atoms with E-state index in [-0.39, 0.29) is 11.4 Å². The Labute approximate surface area is 106 Å². The van der Waals surface area contributed by atoms with E-state index in [1.54, 1.807) is 0 Å². The van der Waals surface area contributed by atoms with Gasteiger partial charge in [0.15, 0.2) is 0 Å². The van der Waals surface area contributed by atoms with Crippen LogP contribution in [0.2, 0.25) is 0 Å². The maximum absolute atomic E-state index is 11.8. The fourth-order valence-electron chi connectivity index (χ4n) is 2.51. The van der Waals surface area contributed by atoms with Crippen molar-refractivity contribution < 1.29 is 4.79 Å². The highest BCUT2D eigenvalue weighted by Gasteiger charge is 2.22. The van der Waals surface area contributed by atoms with Crippen molar-refractivity contribution in [1.82, 2.24) is 5.32 Å². The first-order valence-corrected chi connectivity index (χ1v) is 6.97. The molecule has 3 nitrogen and oxygen atoms in total. The number of hydrogen-bond donors (Lipinski definition) is 2. The molecular weight excluding hydrogens is 212 g/mol. The molecule has 1 fully saturated rings.